The van der Waals surface area contributed by atoms with Gasteiger partial charge in [0.25, 0.3) is 5.56 Å². The first-order valence-corrected chi connectivity index (χ1v) is 7.26. The van der Waals surface area contributed by atoms with Gasteiger partial charge < -0.3 is 4.42 Å². The first-order valence-electron chi connectivity index (χ1n) is 7.26. The molecule has 4 rings (SSSR count). The van der Waals surface area contributed by atoms with Crippen LogP contribution in [0, 0.1) is 0 Å². The summed E-state index contributed by atoms with van der Waals surface area (Å²) in [6, 6.07) is 17.0. The van der Waals surface area contributed by atoms with Crippen molar-refractivity contribution in [3.05, 3.63) is 83.1 Å². The van der Waals surface area contributed by atoms with Crippen LogP contribution in [0.25, 0.3) is 22.2 Å². The van der Waals surface area contributed by atoms with Crippen LogP contribution >= 0.6 is 0 Å². The third kappa shape index (κ3) is 2.53. The second-order valence-corrected chi connectivity index (χ2v) is 5.20. The van der Waals surface area contributed by atoms with Crippen LogP contribution in [0.1, 0.15) is 5.69 Å². The molecule has 112 valence electrons. The molecule has 0 saturated heterocycles. The highest BCUT2D eigenvalue weighted by Crippen LogP contribution is 2.18. The molecule has 2 heterocycles. The Morgan fingerprint density at radius 3 is 2.65 bits per heavy atom. The van der Waals surface area contributed by atoms with Crippen molar-refractivity contribution in [2.24, 2.45) is 0 Å². The van der Waals surface area contributed by atoms with Gasteiger partial charge in [0.2, 0.25) is 5.89 Å². The van der Waals surface area contributed by atoms with E-state index < -0.39 is 0 Å². The molecule has 23 heavy (non-hydrogen) atoms. The predicted octanol–water partition coefficient (Wildman–Crippen LogP) is 3.10. The number of hydrogen-bond acceptors (Lipinski definition) is 4. The molecule has 0 fully saturated rings. The topological polar surface area (TPSA) is 60.9 Å². The van der Waals surface area contributed by atoms with Gasteiger partial charge >= 0.3 is 0 Å². The van der Waals surface area contributed by atoms with E-state index in [0.29, 0.717) is 17.0 Å². The van der Waals surface area contributed by atoms with Crippen LogP contribution in [0.2, 0.25) is 0 Å². The number of aromatic nitrogens is 3. The van der Waals surface area contributed by atoms with E-state index in [0.717, 1.165) is 10.9 Å². The first kappa shape index (κ1) is 13.5. The lowest BCUT2D eigenvalue weighted by atomic mass is 10.2. The maximum atomic E-state index is 12.5. The third-order valence-corrected chi connectivity index (χ3v) is 3.65. The molecule has 0 amide bonds. The summed E-state index contributed by atoms with van der Waals surface area (Å²) in [5, 5.41) is 5.69. The van der Waals surface area contributed by atoms with Crippen LogP contribution in [0.15, 0.2) is 76.3 Å². The first-order chi connectivity index (χ1) is 11.3. The minimum Gasteiger partial charge on any atom is -0.444 e. The molecular formula is C18H13N3O2. The van der Waals surface area contributed by atoms with E-state index in [1.54, 1.807) is 18.5 Å². The van der Waals surface area contributed by atoms with Crippen molar-refractivity contribution in [3.8, 4) is 11.5 Å². The molecule has 0 aliphatic carbocycles. The summed E-state index contributed by atoms with van der Waals surface area (Å²) >= 11 is 0. The molecule has 0 N–H and O–H groups in total. The molecule has 0 aliphatic heterocycles. The van der Waals surface area contributed by atoms with Crippen molar-refractivity contribution in [3.63, 3.8) is 0 Å². The summed E-state index contributed by atoms with van der Waals surface area (Å²) in [7, 11) is 0. The zero-order chi connectivity index (χ0) is 15.6. The van der Waals surface area contributed by atoms with E-state index in [2.05, 4.69) is 10.1 Å². The standard InChI is InChI=1S/C18H13N3O2/c22-18-16-9-5-4-8-14(16)10-19-21(18)11-15-12-23-17(20-15)13-6-2-1-3-7-13/h1-10,12H,11H2. The Balaban J connectivity index is 1.68. The molecule has 5 nitrogen and oxygen atoms in total. The van der Waals surface area contributed by atoms with Crippen molar-refractivity contribution in [1.29, 1.82) is 0 Å². The highest BCUT2D eigenvalue weighted by atomic mass is 16.3. The average molecular weight is 303 g/mol. The number of benzene rings is 2. The molecule has 0 saturated carbocycles. The molecule has 0 radical (unpaired) electrons. The Hall–Kier alpha value is -3.21. The zero-order valence-electron chi connectivity index (χ0n) is 12.2. The van der Waals surface area contributed by atoms with Crippen molar-refractivity contribution in [2.45, 2.75) is 6.54 Å². The maximum Gasteiger partial charge on any atom is 0.274 e. The van der Waals surface area contributed by atoms with Crippen molar-refractivity contribution in [1.82, 2.24) is 14.8 Å². The van der Waals surface area contributed by atoms with Crippen LogP contribution in [0.4, 0.5) is 0 Å². The fourth-order valence-corrected chi connectivity index (χ4v) is 2.49. The largest absolute Gasteiger partial charge is 0.444 e. The van der Waals surface area contributed by atoms with Gasteiger partial charge in [0, 0.05) is 10.9 Å². The third-order valence-electron chi connectivity index (χ3n) is 3.65. The molecule has 0 aliphatic rings. The molecule has 4 aromatic rings. The van der Waals surface area contributed by atoms with Gasteiger partial charge in [-0.15, -0.1) is 0 Å². The molecule has 0 atom stereocenters. The lowest BCUT2D eigenvalue weighted by molar-refractivity contribution is 0.568. The van der Waals surface area contributed by atoms with Crippen molar-refractivity contribution >= 4 is 10.8 Å². The van der Waals surface area contributed by atoms with E-state index >= 15 is 0 Å². The normalized spacial score (nSPS) is 11.0. The minimum atomic E-state index is -0.132. The molecular weight excluding hydrogens is 290 g/mol. The maximum absolute atomic E-state index is 12.5. The summed E-state index contributed by atoms with van der Waals surface area (Å²) in [6.45, 7) is 0.278. The van der Waals surface area contributed by atoms with Crippen LogP contribution in [0.3, 0.4) is 0 Å². The van der Waals surface area contributed by atoms with Crippen LogP contribution in [-0.4, -0.2) is 14.8 Å². The Morgan fingerprint density at radius 1 is 1.00 bits per heavy atom. The van der Waals surface area contributed by atoms with Gasteiger partial charge in [-0.25, -0.2) is 9.67 Å². The SMILES string of the molecule is O=c1c2ccccc2cnn1Cc1coc(-c2ccccc2)n1. The van der Waals surface area contributed by atoms with Crippen LogP contribution in [0.5, 0.6) is 0 Å². The number of fused-ring (bicyclic) bond motifs is 1. The predicted molar refractivity (Wildman–Crippen MR) is 87.0 cm³/mol. The average Bonchev–Trinajstić information content (AvgIpc) is 3.07. The van der Waals surface area contributed by atoms with Gasteiger partial charge in [0.15, 0.2) is 0 Å². The second-order valence-electron chi connectivity index (χ2n) is 5.20. The Bertz CT molecular complexity index is 1020. The number of nitrogens with zero attached hydrogens (tertiary/aromatic N) is 3. The molecule has 5 heteroatoms. The Morgan fingerprint density at radius 2 is 1.78 bits per heavy atom. The molecule has 0 bridgehead atoms. The van der Waals surface area contributed by atoms with E-state index in [4.69, 9.17) is 4.42 Å². The number of rotatable bonds is 3. The van der Waals surface area contributed by atoms with Crippen molar-refractivity contribution < 1.29 is 4.42 Å². The van der Waals surface area contributed by atoms with Gasteiger partial charge in [-0.05, 0) is 18.2 Å². The van der Waals surface area contributed by atoms with E-state index in [1.807, 2.05) is 48.5 Å². The quantitative estimate of drug-likeness (QED) is 0.583. The van der Waals surface area contributed by atoms with Crippen LogP contribution < -0.4 is 5.56 Å². The van der Waals surface area contributed by atoms with Crippen molar-refractivity contribution in [2.75, 3.05) is 0 Å². The Kier molecular flexibility index (Phi) is 3.24. The lowest BCUT2D eigenvalue weighted by Gasteiger charge is -2.03. The second kappa shape index (κ2) is 5.53. The summed E-state index contributed by atoms with van der Waals surface area (Å²) in [6.07, 6.45) is 3.25. The van der Waals surface area contributed by atoms with Gasteiger partial charge in [-0.3, -0.25) is 4.79 Å². The molecule has 0 unspecified atom stereocenters. The van der Waals surface area contributed by atoms with E-state index in [1.165, 1.54) is 4.68 Å². The molecule has 0 spiro atoms. The van der Waals surface area contributed by atoms with Gasteiger partial charge in [-0.1, -0.05) is 36.4 Å². The monoisotopic (exact) mass is 303 g/mol. The summed E-state index contributed by atoms with van der Waals surface area (Å²) in [4.78, 5) is 16.9. The van der Waals surface area contributed by atoms with E-state index in [9.17, 15) is 4.79 Å². The number of oxazole rings is 1. The van der Waals surface area contributed by atoms with Crippen LogP contribution in [-0.2, 0) is 6.54 Å². The minimum absolute atomic E-state index is 0.132. The fraction of sp³-hybridized carbons (Fsp3) is 0.0556. The summed E-state index contributed by atoms with van der Waals surface area (Å²) < 4.78 is 6.89. The van der Waals surface area contributed by atoms with Gasteiger partial charge in [0.05, 0.1) is 18.1 Å². The fourth-order valence-electron chi connectivity index (χ4n) is 2.49. The highest BCUT2D eigenvalue weighted by molar-refractivity contribution is 5.80. The summed E-state index contributed by atoms with van der Waals surface area (Å²) in [5.41, 5.74) is 1.43. The van der Waals surface area contributed by atoms with Gasteiger partial charge in [0.1, 0.15) is 12.0 Å². The number of hydrogen-bond donors (Lipinski definition) is 0. The van der Waals surface area contributed by atoms with E-state index in [-0.39, 0.29) is 12.1 Å². The zero-order valence-corrected chi connectivity index (χ0v) is 12.2. The summed E-state index contributed by atoms with van der Waals surface area (Å²) in [5.74, 6) is 0.537. The lowest BCUT2D eigenvalue weighted by Crippen LogP contribution is -2.23. The Labute approximate surface area is 131 Å². The molecule has 2 aromatic heterocycles. The van der Waals surface area contributed by atoms with Gasteiger partial charge in [-0.2, -0.15) is 5.10 Å². The molecule has 2 aromatic carbocycles. The highest BCUT2D eigenvalue weighted by Gasteiger charge is 2.09. The smallest absolute Gasteiger partial charge is 0.274 e.